The van der Waals surface area contributed by atoms with Crippen LogP contribution >= 0.6 is 15.9 Å². The van der Waals surface area contributed by atoms with E-state index in [0.29, 0.717) is 0 Å². The summed E-state index contributed by atoms with van der Waals surface area (Å²) in [5, 5.41) is 0. The molecule has 0 atom stereocenters. The number of hydrogen-bond donors (Lipinski definition) is 0. The molecular weight excluding hydrogens is 288 g/mol. The Balaban J connectivity index is 2.23. The van der Waals surface area contributed by atoms with Crippen molar-refractivity contribution in [1.82, 2.24) is 9.38 Å². The van der Waals surface area contributed by atoms with E-state index >= 15 is 0 Å². The van der Waals surface area contributed by atoms with Crippen molar-refractivity contribution < 1.29 is 0 Å². The largest absolute Gasteiger partial charge is 0.293 e. The Kier molecular flexibility index (Phi) is 2.71. The molecule has 2 aromatic heterocycles. The molecule has 90 valence electrons. The van der Waals surface area contributed by atoms with Gasteiger partial charge in [0.1, 0.15) is 15.9 Å². The molecule has 0 unspecified atom stereocenters. The predicted octanol–water partition coefficient (Wildman–Crippen LogP) is 4.38. The van der Waals surface area contributed by atoms with Gasteiger partial charge in [-0.05, 0) is 41.4 Å². The Morgan fingerprint density at radius 2 is 1.61 bits per heavy atom. The molecule has 2 heterocycles. The highest BCUT2D eigenvalue weighted by Gasteiger charge is 2.11. The minimum absolute atomic E-state index is 0.961. The van der Waals surface area contributed by atoms with E-state index in [2.05, 4.69) is 75.7 Å². The third-order valence-electron chi connectivity index (χ3n) is 3.03. The maximum atomic E-state index is 4.67. The van der Waals surface area contributed by atoms with Crippen LogP contribution in [-0.4, -0.2) is 9.38 Å². The van der Waals surface area contributed by atoms with Gasteiger partial charge in [0.15, 0.2) is 0 Å². The second kappa shape index (κ2) is 4.25. The lowest BCUT2D eigenvalue weighted by Gasteiger charge is -1.99. The second-order valence-electron chi connectivity index (χ2n) is 4.55. The molecule has 0 aliphatic carbocycles. The summed E-state index contributed by atoms with van der Waals surface area (Å²) in [5.74, 6) is 0. The molecule has 0 bridgehead atoms. The predicted molar refractivity (Wildman–Crippen MR) is 77.8 cm³/mol. The zero-order valence-electron chi connectivity index (χ0n) is 10.3. The van der Waals surface area contributed by atoms with E-state index in [-0.39, 0.29) is 0 Å². The standard InChI is InChI=1S/C15H13BrN2/c1-10-3-6-12(7-4-10)14-15(16)18-9-11(2)5-8-13(18)17-14/h3-9H,1-2H3. The smallest absolute Gasteiger partial charge is 0.138 e. The number of hydrogen-bond acceptors (Lipinski definition) is 1. The molecule has 3 rings (SSSR count). The first-order valence-corrected chi connectivity index (χ1v) is 6.66. The van der Waals surface area contributed by atoms with Gasteiger partial charge in [-0.3, -0.25) is 4.40 Å². The number of halogens is 1. The summed E-state index contributed by atoms with van der Waals surface area (Å²) in [7, 11) is 0. The van der Waals surface area contributed by atoms with Gasteiger partial charge in [-0.15, -0.1) is 0 Å². The molecule has 0 amide bonds. The van der Waals surface area contributed by atoms with Gasteiger partial charge in [-0.25, -0.2) is 4.98 Å². The van der Waals surface area contributed by atoms with Crippen LogP contribution in [0.25, 0.3) is 16.9 Å². The van der Waals surface area contributed by atoms with Crippen molar-refractivity contribution in [2.24, 2.45) is 0 Å². The van der Waals surface area contributed by atoms with Gasteiger partial charge in [0.05, 0.1) is 0 Å². The van der Waals surface area contributed by atoms with Crippen LogP contribution in [0.1, 0.15) is 11.1 Å². The van der Waals surface area contributed by atoms with Crippen LogP contribution in [0.2, 0.25) is 0 Å². The van der Waals surface area contributed by atoms with Gasteiger partial charge in [-0.2, -0.15) is 0 Å². The lowest BCUT2D eigenvalue weighted by molar-refractivity contribution is 1.13. The van der Waals surface area contributed by atoms with E-state index in [1.807, 2.05) is 6.07 Å². The van der Waals surface area contributed by atoms with Gasteiger partial charge in [-0.1, -0.05) is 35.9 Å². The summed E-state index contributed by atoms with van der Waals surface area (Å²) < 4.78 is 3.08. The van der Waals surface area contributed by atoms with Crippen molar-refractivity contribution in [3.63, 3.8) is 0 Å². The van der Waals surface area contributed by atoms with E-state index in [1.54, 1.807) is 0 Å². The molecule has 18 heavy (non-hydrogen) atoms. The molecule has 0 fully saturated rings. The number of nitrogens with zero attached hydrogens (tertiary/aromatic N) is 2. The quantitative estimate of drug-likeness (QED) is 0.652. The Morgan fingerprint density at radius 1 is 0.944 bits per heavy atom. The van der Waals surface area contributed by atoms with Crippen LogP contribution in [0.5, 0.6) is 0 Å². The maximum absolute atomic E-state index is 4.67. The Labute approximate surface area is 114 Å². The average Bonchev–Trinajstić information content (AvgIpc) is 2.68. The monoisotopic (exact) mass is 300 g/mol. The van der Waals surface area contributed by atoms with E-state index in [1.165, 1.54) is 11.1 Å². The number of benzene rings is 1. The topological polar surface area (TPSA) is 17.3 Å². The molecule has 0 spiro atoms. The minimum atomic E-state index is 0.961. The highest BCUT2D eigenvalue weighted by molar-refractivity contribution is 9.10. The van der Waals surface area contributed by atoms with Crippen LogP contribution in [0.15, 0.2) is 47.2 Å². The van der Waals surface area contributed by atoms with Gasteiger partial charge in [0.25, 0.3) is 0 Å². The molecule has 0 aliphatic heterocycles. The van der Waals surface area contributed by atoms with Crippen LogP contribution in [0.3, 0.4) is 0 Å². The first kappa shape index (κ1) is 11.5. The fraction of sp³-hybridized carbons (Fsp3) is 0.133. The number of aromatic nitrogens is 2. The fourth-order valence-electron chi connectivity index (χ4n) is 2.02. The van der Waals surface area contributed by atoms with Crippen molar-refractivity contribution in [3.05, 3.63) is 58.3 Å². The highest BCUT2D eigenvalue weighted by Crippen LogP contribution is 2.29. The maximum Gasteiger partial charge on any atom is 0.138 e. The molecule has 3 aromatic rings. The number of pyridine rings is 1. The molecule has 2 nitrogen and oxygen atoms in total. The summed E-state index contributed by atoms with van der Waals surface area (Å²) in [5.41, 5.74) is 5.56. The van der Waals surface area contributed by atoms with Gasteiger partial charge >= 0.3 is 0 Å². The number of aryl methyl sites for hydroxylation is 2. The van der Waals surface area contributed by atoms with Crippen molar-refractivity contribution in [2.75, 3.05) is 0 Å². The molecule has 0 radical (unpaired) electrons. The molecule has 0 N–H and O–H groups in total. The number of fused-ring (bicyclic) bond motifs is 1. The normalized spacial score (nSPS) is 11.1. The van der Waals surface area contributed by atoms with Gasteiger partial charge in [0.2, 0.25) is 0 Å². The molecule has 0 saturated carbocycles. The van der Waals surface area contributed by atoms with Crippen molar-refractivity contribution in [2.45, 2.75) is 13.8 Å². The fourth-order valence-corrected chi connectivity index (χ4v) is 2.62. The van der Waals surface area contributed by atoms with Crippen molar-refractivity contribution in [3.8, 4) is 11.3 Å². The highest BCUT2D eigenvalue weighted by atomic mass is 79.9. The van der Waals surface area contributed by atoms with Gasteiger partial charge < -0.3 is 0 Å². The zero-order chi connectivity index (χ0) is 12.7. The first-order valence-electron chi connectivity index (χ1n) is 5.86. The number of rotatable bonds is 1. The van der Waals surface area contributed by atoms with Crippen molar-refractivity contribution in [1.29, 1.82) is 0 Å². The van der Waals surface area contributed by atoms with Crippen molar-refractivity contribution >= 4 is 21.6 Å². The minimum Gasteiger partial charge on any atom is -0.293 e. The van der Waals surface area contributed by atoms with Crippen LogP contribution < -0.4 is 0 Å². The molecule has 0 aliphatic rings. The second-order valence-corrected chi connectivity index (χ2v) is 5.30. The summed E-state index contributed by atoms with van der Waals surface area (Å²) in [6, 6.07) is 12.5. The van der Waals surface area contributed by atoms with Crippen LogP contribution in [-0.2, 0) is 0 Å². The summed E-state index contributed by atoms with van der Waals surface area (Å²) in [6.45, 7) is 4.17. The van der Waals surface area contributed by atoms with Gasteiger partial charge in [0, 0.05) is 11.8 Å². The Morgan fingerprint density at radius 3 is 2.33 bits per heavy atom. The van der Waals surface area contributed by atoms with E-state index in [0.717, 1.165) is 21.5 Å². The van der Waals surface area contributed by atoms with Crippen LogP contribution in [0.4, 0.5) is 0 Å². The van der Waals surface area contributed by atoms with Crippen LogP contribution in [0, 0.1) is 13.8 Å². The molecule has 3 heteroatoms. The first-order chi connectivity index (χ1) is 8.65. The lowest BCUT2D eigenvalue weighted by Crippen LogP contribution is -1.85. The summed E-state index contributed by atoms with van der Waals surface area (Å²) >= 11 is 3.64. The Hall–Kier alpha value is -1.61. The lowest BCUT2D eigenvalue weighted by atomic mass is 10.1. The summed E-state index contributed by atoms with van der Waals surface area (Å²) in [4.78, 5) is 4.67. The van der Waals surface area contributed by atoms with E-state index in [9.17, 15) is 0 Å². The SMILES string of the molecule is Cc1ccc(-c2nc3ccc(C)cn3c2Br)cc1. The molecule has 0 saturated heterocycles. The Bertz CT molecular complexity index is 711. The zero-order valence-corrected chi connectivity index (χ0v) is 11.9. The van der Waals surface area contributed by atoms with E-state index in [4.69, 9.17) is 0 Å². The third kappa shape index (κ3) is 1.85. The molecule has 1 aromatic carbocycles. The number of imidazole rings is 1. The average molecular weight is 301 g/mol. The van der Waals surface area contributed by atoms with E-state index < -0.39 is 0 Å². The molecular formula is C15H13BrN2. The summed E-state index contributed by atoms with van der Waals surface area (Å²) in [6.07, 6.45) is 2.09. The third-order valence-corrected chi connectivity index (χ3v) is 3.79.